The van der Waals surface area contributed by atoms with Crippen LogP contribution in [-0.2, 0) is 10.0 Å². The molecule has 2 fully saturated rings. The van der Waals surface area contributed by atoms with E-state index in [4.69, 9.17) is 11.6 Å². The van der Waals surface area contributed by atoms with E-state index in [-0.39, 0.29) is 0 Å². The summed E-state index contributed by atoms with van der Waals surface area (Å²) in [7, 11) is -3.40. The van der Waals surface area contributed by atoms with Crippen molar-refractivity contribution in [2.45, 2.75) is 24.0 Å². The second kappa shape index (κ2) is 6.98. The molecule has 0 aliphatic carbocycles. The maximum absolute atomic E-state index is 12.7. The van der Waals surface area contributed by atoms with E-state index in [1.54, 1.807) is 16.4 Å². The zero-order valence-corrected chi connectivity index (χ0v) is 15.8. The van der Waals surface area contributed by atoms with Gasteiger partial charge in [0, 0.05) is 32.7 Å². The Morgan fingerprint density at radius 1 is 1.30 bits per heavy atom. The van der Waals surface area contributed by atoms with Crippen molar-refractivity contribution >= 4 is 33.0 Å². The number of thiophene rings is 1. The second-order valence-corrected chi connectivity index (χ2v) is 10.7. The fourth-order valence-corrected chi connectivity index (χ4v) is 6.56. The second-order valence-electron chi connectivity index (χ2n) is 6.83. The van der Waals surface area contributed by atoms with Gasteiger partial charge in [0.15, 0.2) is 0 Å². The maximum atomic E-state index is 12.7. The summed E-state index contributed by atoms with van der Waals surface area (Å²) in [6, 6.07) is 3.26. The van der Waals surface area contributed by atoms with Crippen LogP contribution in [0, 0.1) is 5.41 Å². The molecule has 130 valence electrons. The predicted molar refractivity (Wildman–Crippen MR) is 94.7 cm³/mol. The molecule has 0 bridgehead atoms. The number of hydrogen-bond donors (Lipinski definition) is 1. The van der Waals surface area contributed by atoms with Crippen LogP contribution in [0.2, 0.25) is 4.34 Å². The lowest BCUT2D eigenvalue weighted by Crippen LogP contribution is -2.40. The van der Waals surface area contributed by atoms with E-state index in [2.05, 4.69) is 17.1 Å². The first-order valence-electron chi connectivity index (χ1n) is 8.08. The third-order valence-corrected chi connectivity index (χ3v) is 8.35. The summed E-state index contributed by atoms with van der Waals surface area (Å²) in [4.78, 5) is 2.42. The van der Waals surface area contributed by atoms with Gasteiger partial charge in [0.2, 0.25) is 0 Å². The number of hydrogen-bond acceptors (Lipinski definition) is 5. The molecule has 0 spiro atoms. The highest BCUT2D eigenvalue weighted by atomic mass is 35.5. The van der Waals surface area contributed by atoms with Crippen LogP contribution in [0.4, 0.5) is 0 Å². The number of sulfonamides is 1. The Morgan fingerprint density at radius 3 is 2.78 bits per heavy atom. The lowest BCUT2D eigenvalue weighted by atomic mass is 9.89. The molecule has 2 saturated heterocycles. The lowest BCUT2D eigenvalue weighted by molar-refractivity contribution is 0.184. The van der Waals surface area contributed by atoms with Crippen LogP contribution < -0.4 is 5.32 Å². The minimum atomic E-state index is -3.40. The predicted octanol–water partition coefficient (Wildman–Crippen LogP) is 2.10. The summed E-state index contributed by atoms with van der Waals surface area (Å²) >= 11 is 7.03. The Hall–Kier alpha value is -0.180. The Bertz CT molecular complexity index is 641. The lowest BCUT2D eigenvalue weighted by Gasteiger charge is -2.31. The highest BCUT2D eigenvalue weighted by molar-refractivity contribution is 7.91. The van der Waals surface area contributed by atoms with Crippen molar-refractivity contribution < 1.29 is 8.42 Å². The van der Waals surface area contributed by atoms with E-state index in [0.29, 0.717) is 27.1 Å². The van der Waals surface area contributed by atoms with E-state index in [9.17, 15) is 8.42 Å². The maximum Gasteiger partial charge on any atom is 0.252 e. The Labute approximate surface area is 147 Å². The average Bonchev–Trinajstić information content (AvgIpc) is 3.04. The van der Waals surface area contributed by atoms with Crippen molar-refractivity contribution in [2.75, 3.05) is 45.8 Å². The quantitative estimate of drug-likeness (QED) is 0.873. The van der Waals surface area contributed by atoms with Crippen LogP contribution in [0.15, 0.2) is 16.3 Å². The molecule has 3 rings (SSSR count). The van der Waals surface area contributed by atoms with Crippen molar-refractivity contribution in [3.8, 4) is 0 Å². The summed E-state index contributed by atoms with van der Waals surface area (Å²) in [6.07, 6.45) is 2.07. The van der Waals surface area contributed by atoms with E-state index < -0.39 is 10.0 Å². The molecule has 8 heteroatoms. The average molecular weight is 378 g/mol. The molecule has 1 unspecified atom stereocenters. The number of nitrogens with zero attached hydrogens (tertiary/aromatic N) is 2. The van der Waals surface area contributed by atoms with Crippen molar-refractivity contribution in [1.82, 2.24) is 14.5 Å². The highest BCUT2D eigenvalue weighted by Gasteiger charge is 2.33. The number of halogens is 1. The van der Waals surface area contributed by atoms with Crippen molar-refractivity contribution in [1.29, 1.82) is 0 Å². The van der Waals surface area contributed by atoms with E-state index in [0.717, 1.165) is 50.5 Å². The zero-order valence-electron chi connectivity index (χ0n) is 13.4. The Balaban J connectivity index is 1.64. The smallest absolute Gasteiger partial charge is 0.252 e. The van der Waals surface area contributed by atoms with Gasteiger partial charge in [-0.3, -0.25) is 0 Å². The molecular formula is C15H24ClN3O2S2. The largest absolute Gasteiger partial charge is 0.316 e. The van der Waals surface area contributed by atoms with Crippen molar-refractivity contribution in [3.05, 3.63) is 16.5 Å². The van der Waals surface area contributed by atoms with Gasteiger partial charge < -0.3 is 10.2 Å². The summed E-state index contributed by atoms with van der Waals surface area (Å²) < 4.78 is 27.9. The molecule has 5 nitrogen and oxygen atoms in total. The van der Waals surface area contributed by atoms with Crippen molar-refractivity contribution in [2.24, 2.45) is 5.41 Å². The first kappa shape index (κ1) is 17.6. The van der Waals surface area contributed by atoms with Crippen LogP contribution in [0.25, 0.3) is 0 Å². The Kier molecular flexibility index (Phi) is 5.35. The summed E-state index contributed by atoms with van der Waals surface area (Å²) in [6.45, 7) is 8.41. The summed E-state index contributed by atoms with van der Waals surface area (Å²) in [5.41, 5.74) is 0.315. The van der Waals surface area contributed by atoms with Crippen molar-refractivity contribution in [3.63, 3.8) is 0 Å². The molecule has 0 amide bonds. The molecular weight excluding hydrogens is 354 g/mol. The fourth-order valence-electron chi connectivity index (χ4n) is 3.45. The van der Waals surface area contributed by atoms with Crippen LogP contribution in [0.1, 0.15) is 19.8 Å². The molecule has 0 radical (unpaired) electrons. The summed E-state index contributed by atoms with van der Waals surface area (Å²) in [5, 5.41) is 3.43. The molecule has 0 aromatic carbocycles. The summed E-state index contributed by atoms with van der Waals surface area (Å²) in [5.74, 6) is 0. The van der Waals surface area contributed by atoms with Gasteiger partial charge in [-0.25, -0.2) is 8.42 Å². The molecule has 1 atom stereocenters. The number of nitrogens with one attached hydrogen (secondary N) is 1. The zero-order chi connectivity index (χ0) is 16.5. The number of rotatable bonds is 4. The normalized spacial score (nSPS) is 28.1. The fraction of sp³-hybridized carbons (Fsp3) is 0.733. The minimum absolute atomic E-state index is 0.315. The Morgan fingerprint density at radius 2 is 2.13 bits per heavy atom. The van der Waals surface area contributed by atoms with Gasteiger partial charge in [-0.1, -0.05) is 18.5 Å². The molecule has 23 heavy (non-hydrogen) atoms. The van der Waals surface area contributed by atoms with E-state index in [1.807, 2.05) is 0 Å². The SMILES string of the molecule is CC1(CN2CCCN(S(=O)(=O)c3ccc(Cl)s3)CC2)CCNC1. The van der Waals surface area contributed by atoms with Gasteiger partial charge in [-0.15, -0.1) is 11.3 Å². The van der Waals surface area contributed by atoms with Gasteiger partial charge in [0.1, 0.15) is 4.21 Å². The van der Waals surface area contributed by atoms with Crippen LogP contribution in [0.3, 0.4) is 0 Å². The van der Waals surface area contributed by atoms with Gasteiger partial charge in [0.05, 0.1) is 4.34 Å². The molecule has 3 heterocycles. The molecule has 1 aromatic heterocycles. The first-order valence-corrected chi connectivity index (χ1v) is 10.7. The van der Waals surface area contributed by atoms with Crippen LogP contribution in [0.5, 0.6) is 0 Å². The third-order valence-electron chi connectivity index (χ3n) is 4.75. The van der Waals surface area contributed by atoms with Crippen LogP contribution >= 0.6 is 22.9 Å². The van der Waals surface area contributed by atoms with E-state index in [1.165, 1.54) is 6.42 Å². The van der Waals surface area contributed by atoms with Crippen LogP contribution in [-0.4, -0.2) is 63.4 Å². The molecule has 1 aromatic rings. The van der Waals surface area contributed by atoms with Gasteiger partial charge in [-0.2, -0.15) is 4.31 Å². The third kappa shape index (κ3) is 4.08. The van der Waals surface area contributed by atoms with Gasteiger partial charge in [0.25, 0.3) is 10.0 Å². The molecule has 1 N–H and O–H groups in total. The monoisotopic (exact) mass is 377 g/mol. The highest BCUT2D eigenvalue weighted by Crippen LogP contribution is 2.29. The standard InChI is InChI=1S/C15H24ClN3O2S2/c1-15(5-6-17-11-15)12-18-7-2-8-19(10-9-18)23(20,21)14-4-3-13(16)22-14/h3-4,17H,2,5-12H2,1H3. The minimum Gasteiger partial charge on any atom is -0.316 e. The molecule has 2 aliphatic rings. The molecule has 2 aliphatic heterocycles. The van der Waals surface area contributed by atoms with Gasteiger partial charge in [-0.05, 0) is 43.5 Å². The molecule has 0 saturated carbocycles. The van der Waals surface area contributed by atoms with E-state index >= 15 is 0 Å². The topological polar surface area (TPSA) is 52.7 Å². The van der Waals surface area contributed by atoms with Gasteiger partial charge >= 0.3 is 0 Å². The first-order chi connectivity index (χ1) is 10.9.